The standard InChI is InChI=1S/C13H12N2S2/c1-9-3-5-11(6-4-9)16-8-13-15-10(2)12(7-14)17-13/h3-6H,8H2,1-2H3. The number of hydrogen-bond donors (Lipinski definition) is 0. The molecule has 0 radical (unpaired) electrons. The molecule has 4 heteroatoms. The molecule has 86 valence electrons. The molecule has 0 N–H and O–H groups in total. The van der Waals surface area contributed by atoms with Crippen LogP contribution in [0.15, 0.2) is 29.2 Å². The highest BCUT2D eigenvalue weighted by molar-refractivity contribution is 7.98. The van der Waals surface area contributed by atoms with E-state index in [1.165, 1.54) is 21.8 Å². The third-order valence-electron chi connectivity index (χ3n) is 2.33. The maximum atomic E-state index is 8.86. The molecule has 0 bridgehead atoms. The van der Waals surface area contributed by atoms with Gasteiger partial charge in [-0.1, -0.05) is 17.7 Å². The van der Waals surface area contributed by atoms with Crippen molar-refractivity contribution in [1.29, 1.82) is 5.26 Å². The Morgan fingerprint density at radius 2 is 2.00 bits per heavy atom. The van der Waals surface area contributed by atoms with Gasteiger partial charge in [-0.05, 0) is 26.0 Å². The number of nitrogens with zero attached hydrogens (tertiary/aromatic N) is 2. The largest absolute Gasteiger partial charge is 0.244 e. The summed E-state index contributed by atoms with van der Waals surface area (Å²) in [6.45, 7) is 3.97. The fraction of sp³-hybridized carbons (Fsp3) is 0.231. The fourth-order valence-electron chi connectivity index (χ4n) is 1.40. The van der Waals surface area contributed by atoms with Gasteiger partial charge in [0.05, 0.1) is 11.4 Å². The van der Waals surface area contributed by atoms with E-state index in [4.69, 9.17) is 5.26 Å². The lowest BCUT2D eigenvalue weighted by Crippen LogP contribution is -1.80. The van der Waals surface area contributed by atoms with Crippen LogP contribution in [0.1, 0.15) is 21.1 Å². The topological polar surface area (TPSA) is 36.7 Å². The minimum absolute atomic E-state index is 0.726. The van der Waals surface area contributed by atoms with Crippen molar-refractivity contribution < 1.29 is 0 Å². The van der Waals surface area contributed by atoms with Crippen molar-refractivity contribution >= 4 is 23.1 Å². The summed E-state index contributed by atoms with van der Waals surface area (Å²) in [7, 11) is 0. The normalized spacial score (nSPS) is 10.2. The molecule has 0 aliphatic heterocycles. The van der Waals surface area contributed by atoms with Gasteiger partial charge in [0.1, 0.15) is 16.0 Å². The Morgan fingerprint density at radius 3 is 2.59 bits per heavy atom. The minimum atomic E-state index is 0.726. The first-order chi connectivity index (χ1) is 8.19. The lowest BCUT2D eigenvalue weighted by molar-refractivity contribution is 1.17. The number of nitriles is 1. The van der Waals surface area contributed by atoms with Gasteiger partial charge in [0.2, 0.25) is 0 Å². The maximum absolute atomic E-state index is 8.86. The predicted octanol–water partition coefficient (Wildman–Crippen LogP) is 3.92. The molecule has 2 nitrogen and oxygen atoms in total. The summed E-state index contributed by atoms with van der Waals surface area (Å²) in [5.74, 6) is 0.830. The lowest BCUT2D eigenvalue weighted by atomic mass is 10.2. The molecule has 0 fully saturated rings. The van der Waals surface area contributed by atoms with E-state index >= 15 is 0 Å². The first-order valence-corrected chi connectivity index (χ1v) is 7.05. The summed E-state index contributed by atoms with van der Waals surface area (Å²) in [4.78, 5) is 6.35. The molecule has 1 heterocycles. The number of thiazole rings is 1. The monoisotopic (exact) mass is 260 g/mol. The Morgan fingerprint density at radius 1 is 1.29 bits per heavy atom. The van der Waals surface area contributed by atoms with Crippen molar-refractivity contribution in [2.24, 2.45) is 0 Å². The van der Waals surface area contributed by atoms with Gasteiger partial charge in [0.15, 0.2) is 0 Å². The molecule has 0 amide bonds. The quantitative estimate of drug-likeness (QED) is 0.785. The van der Waals surface area contributed by atoms with Crippen molar-refractivity contribution in [3.8, 4) is 6.07 Å². The Bertz CT molecular complexity index is 550. The van der Waals surface area contributed by atoms with Crippen LogP contribution < -0.4 is 0 Å². The molecule has 1 aromatic carbocycles. The minimum Gasteiger partial charge on any atom is -0.244 e. The third kappa shape index (κ3) is 3.09. The first kappa shape index (κ1) is 12.2. The highest BCUT2D eigenvalue weighted by Crippen LogP contribution is 2.26. The summed E-state index contributed by atoms with van der Waals surface area (Å²) in [6.07, 6.45) is 0. The van der Waals surface area contributed by atoms with E-state index in [1.54, 1.807) is 11.8 Å². The zero-order valence-electron chi connectivity index (χ0n) is 9.73. The Kier molecular flexibility index (Phi) is 3.82. The summed E-state index contributed by atoms with van der Waals surface area (Å²) >= 11 is 3.24. The molecule has 0 atom stereocenters. The second-order valence-electron chi connectivity index (χ2n) is 3.74. The average molecular weight is 260 g/mol. The SMILES string of the molecule is Cc1ccc(SCc2nc(C)c(C#N)s2)cc1. The van der Waals surface area contributed by atoms with Crippen LogP contribution in [0.2, 0.25) is 0 Å². The highest BCUT2D eigenvalue weighted by atomic mass is 32.2. The summed E-state index contributed by atoms with van der Waals surface area (Å²) in [6, 6.07) is 10.6. The Labute approximate surface area is 109 Å². The van der Waals surface area contributed by atoms with E-state index < -0.39 is 0 Å². The predicted molar refractivity (Wildman–Crippen MR) is 72.3 cm³/mol. The summed E-state index contributed by atoms with van der Waals surface area (Å²) < 4.78 is 0. The van der Waals surface area contributed by atoms with Gasteiger partial charge >= 0.3 is 0 Å². The van der Waals surface area contributed by atoms with Crippen LogP contribution in [0, 0.1) is 25.2 Å². The molecule has 1 aromatic heterocycles. The number of benzene rings is 1. The second-order valence-corrected chi connectivity index (χ2v) is 5.87. The third-order valence-corrected chi connectivity index (χ3v) is 4.59. The van der Waals surface area contributed by atoms with E-state index in [0.29, 0.717) is 0 Å². The van der Waals surface area contributed by atoms with Crippen LogP contribution in [0.5, 0.6) is 0 Å². The Hall–Kier alpha value is -1.31. The molecule has 0 saturated carbocycles. The zero-order chi connectivity index (χ0) is 12.3. The van der Waals surface area contributed by atoms with Gasteiger partial charge in [-0.3, -0.25) is 0 Å². The van der Waals surface area contributed by atoms with Gasteiger partial charge in [-0.25, -0.2) is 4.98 Å². The number of rotatable bonds is 3. The molecular formula is C13H12N2S2. The molecular weight excluding hydrogens is 248 g/mol. The van der Waals surface area contributed by atoms with Crippen LogP contribution in [-0.4, -0.2) is 4.98 Å². The molecule has 0 unspecified atom stereocenters. The fourth-order valence-corrected chi connectivity index (χ4v) is 3.15. The highest BCUT2D eigenvalue weighted by Gasteiger charge is 2.06. The van der Waals surface area contributed by atoms with E-state index in [0.717, 1.165) is 21.3 Å². The van der Waals surface area contributed by atoms with Gasteiger partial charge in [-0.2, -0.15) is 5.26 Å². The number of aromatic nitrogens is 1. The average Bonchev–Trinajstić information content (AvgIpc) is 2.69. The van der Waals surface area contributed by atoms with Crippen LogP contribution in [0.25, 0.3) is 0 Å². The van der Waals surface area contributed by atoms with Crippen LogP contribution in [0.3, 0.4) is 0 Å². The van der Waals surface area contributed by atoms with E-state index in [9.17, 15) is 0 Å². The smallest absolute Gasteiger partial charge is 0.127 e. The van der Waals surface area contributed by atoms with Crippen molar-refractivity contribution in [2.45, 2.75) is 24.5 Å². The molecule has 2 rings (SSSR count). The molecule has 0 aliphatic carbocycles. The van der Waals surface area contributed by atoms with Crippen molar-refractivity contribution in [3.63, 3.8) is 0 Å². The van der Waals surface area contributed by atoms with Gasteiger partial charge in [-0.15, -0.1) is 23.1 Å². The lowest BCUT2D eigenvalue weighted by Gasteiger charge is -1.99. The molecule has 0 aliphatic rings. The van der Waals surface area contributed by atoms with Crippen molar-refractivity contribution in [2.75, 3.05) is 0 Å². The van der Waals surface area contributed by atoms with Crippen molar-refractivity contribution in [1.82, 2.24) is 4.98 Å². The molecule has 17 heavy (non-hydrogen) atoms. The van der Waals surface area contributed by atoms with Gasteiger partial charge in [0, 0.05) is 4.90 Å². The zero-order valence-corrected chi connectivity index (χ0v) is 11.4. The molecule has 0 saturated heterocycles. The second kappa shape index (κ2) is 5.35. The number of aryl methyl sites for hydroxylation is 2. The Balaban J connectivity index is 2.02. The summed E-state index contributed by atoms with van der Waals surface area (Å²) in [5.41, 5.74) is 2.11. The van der Waals surface area contributed by atoms with Crippen LogP contribution in [0.4, 0.5) is 0 Å². The van der Waals surface area contributed by atoms with Crippen molar-refractivity contribution in [3.05, 3.63) is 45.4 Å². The van der Waals surface area contributed by atoms with Gasteiger partial charge < -0.3 is 0 Å². The summed E-state index contributed by atoms with van der Waals surface area (Å²) in [5, 5.41) is 9.88. The van der Waals surface area contributed by atoms with E-state index in [1.807, 2.05) is 6.92 Å². The molecule has 2 aromatic rings. The van der Waals surface area contributed by atoms with E-state index in [-0.39, 0.29) is 0 Å². The maximum Gasteiger partial charge on any atom is 0.127 e. The van der Waals surface area contributed by atoms with Gasteiger partial charge in [0.25, 0.3) is 0 Å². The van der Waals surface area contributed by atoms with Crippen LogP contribution >= 0.6 is 23.1 Å². The first-order valence-electron chi connectivity index (χ1n) is 5.25. The van der Waals surface area contributed by atoms with Crippen LogP contribution in [-0.2, 0) is 5.75 Å². The number of thioether (sulfide) groups is 1. The van der Waals surface area contributed by atoms with E-state index in [2.05, 4.69) is 42.2 Å². The molecule has 0 spiro atoms. The number of hydrogen-bond acceptors (Lipinski definition) is 4.